The van der Waals surface area contributed by atoms with Crippen LogP contribution >= 0.6 is 0 Å². The number of carbonyl (C=O) groups excluding carboxylic acids is 2. The lowest BCUT2D eigenvalue weighted by Gasteiger charge is -2.12. The summed E-state index contributed by atoms with van der Waals surface area (Å²) < 4.78 is 0. The maximum atomic E-state index is 11.8. The van der Waals surface area contributed by atoms with Gasteiger partial charge in [-0.25, -0.2) is 0 Å². The third-order valence-corrected chi connectivity index (χ3v) is 2.24. The molecular weight excluding hydrogens is 238 g/mol. The second-order valence-corrected chi connectivity index (χ2v) is 3.87. The van der Waals surface area contributed by atoms with Gasteiger partial charge in [0.1, 0.15) is 0 Å². The van der Waals surface area contributed by atoms with E-state index in [0.717, 1.165) is 0 Å². The lowest BCUT2D eigenvalue weighted by molar-refractivity contribution is -0.384. The molecule has 0 aromatic heterocycles. The number of nitrogens with two attached hydrogens (primary N) is 1. The van der Waals surface area contributed by atoms with Crippen molar-refractivity contribution < 1.29 is 14.5 Å². The van der Waals surface area contributed by atoms with Gasteiger partial charge >= 0.3 is 0 Å². The van der Waals surface area contributed by atoms with Crippen LogP contribution in [-0.2, 0) is 4.79 Å². The van der Waals surface area contributed by atoms with Gasteiger partial charge in [-0.3, -0.25) is 24.6 Å². The number of nitro benzene ring substituents is 1. The molecule has 1 amide bonds. The maximum absolute atomic E-state index is 11.8. The largest absolute Gasteiger partial charge is 0.369 e. The standard InChI is InChI=1S/C11H13N3O4/c1-13(7-11(12)16)6-10(15)8-2-4-9(5-3-8)14(17)18/h2-5H,6-7H2,1H3,(H2,12,16). The molecule has 0 saturated carbocycles. The Hall–Kier alpha value is -2.28. The highest BCUT2D eigenvalue weighted by atomic mass is 16.6. The van der Waals surface area contributed by atoms with E-state index in [1.165, 1.54) is 29.2 Å². The van der Waals surface area contributed by atoms with E-state index in [1.54, 1.807) is 7.05 Å². The van der Waals surface area contributed by atoms with Gasteiger partial charge in [0, 0.05) is 17.7 Å². The zero-order valence-corrected chi connectivity index (χ0v) is 9.83. The summed E-state index contributed by atoms with van der Waals surface area (Å²) in [5, 5.41) is 10.4. The van der Waals surface area contributed by atoms with Crippen LogP contribution in [0.25, 0.3) is 0 Å². The number of hydrogen-bond acceptors (Lipinski definition) is 5. The van der Waals surface area contributed by atoms with Crippen LogP contribution in [0.5, 0.6) is 0 Å². The quantitative estimate of drug-likeness (QED) is 0.441. The third kappa shape index (κ3) is 3.95. The van der Waals surface area contributed by atoms with E-state index in [0.29, 0.717) is 5.56 Å². The number of hydrogen-bond donors (Lipinski definition) is 1. The summed E-state index contributed by atoms with van der Waals surface area (Å²) in [5.41, 5.74) is 5.28. The van der Waals surface area contributed by atoms with Crippen molar-refractivity contribution in [3.05, 3.63) is 39.9 Å². The number of primary amides is 1. The van der Waals surface area contributed by atoms with E-state index < -0.39 is 10.8 Å². The number of Topliss-reactive ketones (excluding diaryl/α,β-unsaturated/α-hetero) is 1. The minimum absolute atomic E-state index is 0.0152. The van der Waals surface area contributed by atoms with E-state index in [1.807, 2.05) is 0 Å². The smallest absolute Gasteiger partial charge is 0.269 e. The van der Waals surface area contributed by atoms with E-state index >= 15 is 0 Å². The summed E-state index contributed by atoms with van der Waals surface area (Å²) in [6.07, 6.45) is 0. The first-order valence-corrected chi connectivity index (χ1v) is 5.14. The van der Waals surface area contributed by atoms with E-state index in [2.05, 4.69) is 0 Å². The highest BCUT2D eigenvalue weighted by molar-refractivity contribution is 5.98. The average Bonchev–Trinajstić information content (AvgIpc) is 2.27. The zero-order valence-electron chi connectivity index (χ0n) is 9.83. The first-order valence-electron chi connectivity index (χ1n) is 5.14. The van der Waals surface area contributed by atoms with Crippen LogP contribution in [0.1, 0.15) is 10.4 Å². The Labute approximate surface area is 103 Å². The van der Waals surface area contributed by atoms with Gasteiger partial charge in [0.15, 0.2) is 5.78 Å². The molecule has 0 unspecified atom stereocenters. The SMILES string of the molecule is CN(CC(N)=O)CC(=O)c1ccc([N+](=O)[O-])cc1. The molecule has 0 aliphatic rings. The predicted octanol–water partition coefficient (Wildman–Crippen LogP) is 0.195. The molecule has 0 atom stereocenters. The molecule has 0 fully saturated rings. The number of carbonyl (C=O) groups is 2. The van der Waals surface area contributed by atoms with Crippen LogP contribution in [0.4, 0.5) is 5.69 Å². The molecule has 7 heteroatoms. The van der Waals surface area contributed by atoms with Crippen molar-refractivity contribution in [3.8, 4) is 0 Å². The number of nitrogens with zero attached hydrogens (tertiary/aromatic N) is 2. The number of nitro groups is 1. The summed E-state index contributed by atoms with van der Waals surface area (Å²) in [6, 6.07) is 5.31. The van der Waals surface area contributed by atoms with Crippen molar-refractivity contribution in [1.82, 2.24) is 4.90 Å². The number of benzene rings is 1. The Morgan fingerprint density at radius 2 is 1.83 bits per heavy atom. The van der Waals surface area contributed by atoms with Crippen LogP contribution in [-0.4, -0.2) is 41.7 Å². The van der Waals surface area contributed by atoms with Crippen LogP contribution < -0.4 is 5.73 Å². The fourth-order valence-corrected chi connectivity index (χ4v) is 1.43. The average molecular weight is 251 g/mol. The topological polar surface area (TPSA) is 107 Å². The van der Waals surface area contributed by atoms with E-state index in [-0.39, 0.29) is 24.6 Å². The predicted molar refractivity (Wildman–Crippen MR) is 64.1 cm³/mol. The monoisotopic (exact) mass is 251 g/mol. The van der Waals surface area contributed by atoms with Gasteiger partial charge in [0.05, 0.1) is 18.0 Å². The molecule has 1 aromatic rings. The second-order valence-electron chi connectivity index (χ2n) is 3.87. The molecule has 2 N–H and O–H groups in total. The molecule has 0 aliphatic heterocycles. The molecule has 0 radical (unpaired) electrons. The van der Waals surface area contributed by atoms with Crippen LogP contribution in [0.2, 0.25) is 0 Å². The van der Waals surface area contributed by atoms with Crippen molar-refractivity contribution >= 4 is 17.4 Å². The molecule has 0 spiro atoms. The second kappa shape index (κ2) is 5.87. The Morgan fingerprint density at radius 3 is 2.28 bits per heavy atom. The Morgan fingerprint density at radius 1 is 1.28 bits per heavy atom. The molecule has 0 heterocycles. The summed E-state index contributed by atoms with van der Waals surface area (Å²) in [6.45, 7) is 0.0134. The van der Waals surface area contributed by atoms with Gasteiger partial charge in [-0.1, -0.05) is 0 Å². The molecule has 7 nitrogen and oxygen atoms in total. The van der Waals surface area contributed by atoms with E-state index in [4.69, 9.17) is 5.73 Å². The van der Waals surface area contributed by atoms with Crippen LogP contribution in [0.3, 0.4) is 0 Å². The normalized spacial score (nSPS) is 10.3. The minimum Gasteiger partial charge on any atom is -0.369 e. The van der Waals surface area contributed by atoms with Gasteiger partial charge in [-0.15, -0.1) is 0 Å². The minimum atomic E-state index is -0.534. The van der Waals surface area contributed by atoms with Crippen molar-refractivity contribution in [2.45, 2.75) is 0 Å². The summed E-state index contributed by atoms with van der Waals surface area (Å²) in [7, 11) is 1.59. The number of amides is 1. The number of likely N-dealkylation sites (N-methyl/N-ethyl adjacent to an activating group) is 1. The first kappa shape index (κ1) is 13.8. The highest BCUT2D eigenvalue weighted by Gasteiger charge is 2.12. The summed E-state index contributed by atoms with van der Waals surface area (Å²) in [5.74, 6) is -0.748. The van der Waals surface area contributed by atoms with Crippen molar-refractivity contribution in [3.63, 3.8) is 0 Å². The summed E-state index contributed by atoms with van der Waals surface area (Å²) in [4.78, 5) is 33.8. The molecule has 96 valence electrons. The van der Waals surface area contributed by atoms with Gasteiger partial charge in [-0.2, -0.15) is 0 Å². The molecule has 0 aliphatic carbocycles. The molecule has 18 heavy (non-hydrogen) atoms. The third-order valence-electron chi connectivity index (χ3n) is 2.24. The number of rotatable bonds is 6. The Bertz CT molecular complexity index is 470. The first-order chi connectivity index (χ1) is 8.40. The highest BCUT2D eigenvalue weighted by Crippen LogP contribution is 2.12. The Balaban J connectivity index is 2.67. The zero-order chi connectivity index (χ0) is 13.7. The van der Waals surface area contributed by atoms with Gasteiger partial charge < -0.3 is 5.73 Å². The molecule has 0 saturated heterocycles. The van der Waals surface area contributed by atoms with Gasteiger partial charge in [-0.05, 0) is 19.2 Å². The van der Waals surface area contributed by atoms with E-state index in [9.17, 15) is 19.7 Å². The Kier molecular flexibility index (Phi) is 4.50. The van der Waals surface area contributed by atoms with Crippen LogP contribution in [0, 0.1) is 10.1 Å². The molecule has 1 aromatic carbocycles. The summed E-state index contributed by atoms with van der Waals surface area (Å²) >= 11 is 0. The molecular formula is C11H13N3O4. The molecule has 0 bridgehead atoms. The van der Waals surface area contributed by atoms with Crippen molar-refractivity contribution in [1.29, 1.82) is 0 Å². The van der Waals surface area contributed by atoms with Gasteiger partial charge in [0.2, 0.25) is 5.91 Å². The van der Waals surface area contributed by atoms with Crippen molar-refractivity contribution in [2.75, 3.05) is 20.1 Å². The maximum Gasteiger partial charge on any atom is 0.269 e. The number of ketones is 1. The van der Waals surface area contributed by atoms with Gasteiger partial charge in [0.25, 0.3) is 5.69 Å². The van der Waals surface area contributed by atoms with Crippen molar-refractivity contribution in [2.24, 2.45) is 5.73 Å². The lowest BCUT2D eigenvalue weighted by atomic mass is 10.1. The van der Waals surface area contributed by atoms with Crippen LogP contribution in [0.15, 0.2) is 24.3 Å². The number of non-ortho nitro benzene ring substituents is 1. The fraction of sp³-hybridized carbons (Fsp3) is 0.273. The lowest BCUT2D eigenvalue weighted by Crippen LogP contribution is -2.34. The fourth-order valence-electron chi connectivity index (χ4n) is 1.43. The molecule has 1 rings (SSSR count).